The van der Waals surface area contributed by atoms with E-state index in [9.17, 15) is 13.2 Å². The quantitative estimate of drug-likeness (QED) is 0.691. The Morgan fingerprint density at radius 2 is 2.00 bits per heavy atom. The lowest BCUT2D eigenvalue weighted by Gasteiger charge is -2.05. The average molecular weight is 200 g/mol. The molecule has 1 aromatic rings. The highest BCUT2D eigenvalue weighted by Crippen LogP contribution is 2.36. The maximum atomic E-state index is 12.1. The van der Waals surface area contributed by atoms with Crippen LogP contribution >= 0.6 is 11.6 Å². The number of aryl methyl sites for hydroxylation is 1. The molecule has 0 radical (unpaired) electrons. The fourth-order valence-electron chi connectivity index (χ4n) is 0.827. The van der Waals surface area contributed by atoms with Crippen molar-refractivity contribution in [1.82, 2.24) is 9.78 Å². The number of anilines is 1. The highest BCUT2D eigenvalue weighted by Gasteiger charge is 2.38. The third kappa shape index (κ3) is 1.34. The standard InChI is InChI=1S/C5H5ClF3N3/c1-12-3(5(7,8)9)2(6)4(10)11-12/h1H3,(H2,10,11). The Labute approximate surface area is 70.9 Å². The van der Waals surface area contributed by atoms with Crippen LogP contribution in [0.5, 0.6) is 0 Å². The van der Waals surface area contributed by atoms with E-state index in [-0.39, 0.29) is 5.82 Å². The normalized spacial score (nSPS) is 12.1. The Bertz CT molecular complexity index is 304. The first-order valence-corrected chi connectivity index (χ1v) is 3.27. The third-order valence-corrected chi connectivity index (χ3v) is 1.66. The summed E-state index contributed by atoms with van der Waals surface area (Å²) in [5.41, 5.74) is 4.05. The lowest BCUT2D eigenvalue weighted by molar-refractivity contribution is -0.143. The first-order valence-electron chi connectivity index (χ1n) is 2.89. The van der Waals surface area contributed by atoms with Gasteiger partial charge in [0.05, 0.1) is 0 Å². The number of nitrogens with two attached hydrogens (primary N) is 1. The highest BCUT2D eigenvalue weighted by molar-refractivity contribution is 6.33. The molecule has 0 bridgehead atoms. The fourth-order valence-corrected chi connectivity index (χ4v) is 1.09. The first kappa shape index (κ1) is 9.18. The van der Waals surface area contributed by atoms with Crippen LogP contribution in [0.1, 0.15) is 5.69 Å². The Morgan fingerprint density at radius 1 is 1.50 bits per heavy atom. The minimum atomic E-state index is -4.52. The molecule has 0 aliphatic heterocycles. The molecule has 0 amide bonds. The van der Waals surface area contributed by atoms with Crippen LogP contribution in [0, 0.1) is 0 Å². The zero-order chi connectivity index (χ0) is 9.52. The Morgan fingerprint density at radius 3 is 2.17 bits per heavy atom. The highest BCUT2D eigenvalue weighted by atomic mass is 35.5. The molecule has 0 saturated carbocycles. The lowest BCUT2D eigenvalue weighted by Crippen LogP contribution is -2.12. The van der Waals surface area contributed by atoms with Gasteiger partial charge in [-0.15, -0.1) is 0 Å². The molecule has 1 heterocycles. The van der Waals surface area contributed by atoms with E-state index in [2.05, 4.69) is 5.10 Å². The van der Waals surface area contributed by atoms with Crippen molar-refractivity contribution in [3.63, 3.8) is 0 Å². The van der Waals surface area contributed by atoms with Gasteiger partial charge in [0.25, 0.3) is 0 Å². The zero-order valence-electron chi connectivity index (χ0n) is 5.98. The number of alkyl halides is 3. The first-order chi connectivity index (χ1) is 5.34. The van der Waals surface area contributed by atoms with Crippen molar-refractivity contribution in [3.05, 3.63) is 10.7 Å². The molecule has 0 fully saturated rings. The van der Waals surface area contributed by atoms with Crippen molar-refractivity contribution in [2.24, 2.45) is 7.05 Å². The Balaban J connectivity index is 3.32. The molecule has 68 valence electrons. The molecule has 12 heavy (non-hydrogen) atoms. The largest absolute Gasteiger partial charge is 0.434 e. The van der Waals surface area contributed by atoms with E-state index >= 15 is 0 Å². The van der Waals surface area contributed by atoms with Crippen LogP contribution < -0.4 is 5.73 Å². The maximum Gasteiger partial charge on any atom is 0.434 e. The molecule has 0 aromatic carbocycles. The number of nitrogens with zero attached hydrogens (tertiary/aromatic N) is 2. The summed E-state index contributed by atoms with van der Waals surface area (Å²) in [6, 6.07) is 0. The van der Waals surface area contributed by atoms with Gasteiger partial charge in [-0.1, -0.05) is 11.6 Å². The van der Waals surface area contributed by atoms with Gasteiger partial charge >= 0.3 is 6.18 Å². The Kier molecular flexibility index (Phi) is 1.95. The summed E-state index contributed by atoms with van der Waals surface area (Å²) in [7, 11) is 1.13. The van der Waals surface area contributed by atoms with Crippen LogP contribution in [-0.2, 0) is 13.2 Å². The van der Waals surface area contributed by atoms with Gasteiger partial charge in [0.1, 0.15) is 5.02 Å². The molecular formula is C5H5ClF3N3. The van der Waals surface area contributed by atoms with Crippen LogP contribution in [0.25, 0.3) is 0 Å². The molecule has 0 spiro atoms. The SMILES string of the molecule is Cn1nc(N)c(Cl)c1C(F)(F)F. The molecule has 0 aliphatic carbocycles. The summed E-state index contributed by atoms with van der Waals surface area (Å²) in [5, 5.41) is 2.77. The van der Waals surface area contributed by atoms with Crippen molar-refractivity contribution in [2.75, 3.05) is 5.73 Å². The zero-order valence-corrected chi connectivity index (χ0v) is 6.74. The van der Waals surface area contributed by atoms with Gasteiger partial charge in [0, 0.05) is 7.05 Å². The molecule has 0 atom stereocenters. The second kappa shape index (κ2) is 2.55. The van der Waals surface area contributed by atoms with Crippen molar-refractivity contribution < 1.29 is 13.2 Å². The second-order valence-corrected chi connectivity index (χ2v) is 2.55. The molecule has 1 aromatic heterocycles. The molecule has 0 unspecified atom stereocenters. The summed E-state index contributed by atoms with van der Waals surface area (Å²) in [5.74, 6) is -0.313. The van der Waals surface area contributed by atoms with E-state index in [4.69, 9.17) is 17.3 Å². The Hall–Kier alpha value is -0.910. The van der Waals surface area contributed by atoms with Crippen molar-refractivity contribution in [1.29, 1.82) is 0 Å². The summed E-state index contributed by atoms with van der Waals surface area (Å²) in [6.07, 6.45) is -4.52. The number of halogens is 4. The molecule has 2 N–H and O–H groups in total. The molecule has 0 saturated heterocycles. The summed E-state index contributed by atoms with van der Waals surface area (Å²) < 4.78 is 37.0. The molecule has 3 nitrogen and oxygen atoms in total. The minimum absolute atomic E-state index is 0.313. The lowest BCUT2D eigenvalue weighted by atomic mass is 10.4. The van der Waals surface area contributed by atoms with Crippen LogP contribution in [0.15, 0.2) is 0 Å². The number of aromatic nitrogens is 2. The summed E-state index contributed by atoms with van der Waals surface area (Å²) >= 11 is 5.27. The average Bonchev–Trinajstić information content (AvgIpc) is 2.05. The predicted molar refractivity (Wildman–Crippen MR) is 37.6 cm³/mol. The summed E-state index contributed by atoms with van der Waals surface area (Å²) in [4.78, 5) is 0. The van der Waals surface area contributed by atoms with Gasteiger partial charge < -0.3 is 5.73 Å². The number of nitrogen functional groups attached to an aromatic ring is 1. The van der Waals surface area contributed by atoms with Gasteiger partial charge in [-0.3, -0.25) is 4.68 Å². The van der Waals surface area contributed by atoms with E-state index in [0.717, 1.165) is 7.05 Å². The van der Waals surface area contributed by atoms with Gasteiger partial charge in [-0.05, 0) is 0 Å². The van der Waals surface area contributed by atoms with Gasteiger partial charge in [0.2, 0.25) is 0 Å². The van der Waals surface area contributed by atoms with Crippen molar-refractivity contribution >= 4 is 17.4 Å². The van der Waals surface area contributed by atoms with E-state index < -0.39 is 16.9 Å². The van der Waals surface area contributed by atoms with Gasteiger partial charge in [-0.25, -0.2) is 0 Å². The molecule has 1 rings (SSSR count). The molecule has 7 heteroatoms. The second-order valence-electron chi connectivity index (χ2n) is 2.17. The van der Waals surface area contributed by atoms with Crippen molar-refractivity contribution in [3.8, 4) is 0 Å². The van der Waals surface area contributed by atoms with Gasteiger partial charge in [0.15, 0.2) is 11.5 Å². The van der Waals surface area contributed by atoms with E-state index in [1.54, 1.807) is 0 Å². The van der Waals surface area contributed by atoms with Crippen LogP contribution in [0.2, 0.25) is 5.02 Å². The number of hydrogen-bond acceptors (Lipinski definition) is 2. The number of hydrogen-bond donors (Lipinski definition) is 1. The van der Waals surface area contributed by atoms with E-state index in [0.29, 0.717) is 4.68 Å². The van der Waals surface area contributed by atoms with Crippen LogP contribution in [0.3, 0.4) is 0 Å². The smallest absolute Gasteiger partial charge is 0.381 e. The van der Waals surface area contributed by atoms with Gasteiger partial charge in [-0.2, -0.15) is 18.3 Å². The molecule has 0 aliphatic rings. The van der Waals surface area contributed by atoms with Crippen molar-refractivity contribution in [2.45, 2.75) is 6.18 Å². The predicted octanol–water partition coefficient (Wildman–Crippen LogP) is 1.67. The topological polar surface area (TPSA) is 43.8 Å². The molecular weight excluding hydrogens is 195 g/mol. The van der Waals surface area contributed by atoms with E-state index in [1.807, 2.05) is 0 Å². The fraction of sp³-hybridized carbons (Fsp3) is 0.400. The third-order valence-electron chi connectivity index (χ3n) is 1.28. The monoisotopic (exact) mass is 199 g/mol. The minimum Gasteiger partial charge on any atom is -0.381 e. The van der Waals surface area contributed by atoms with E-state index in [1.165, 1.54) is 0 Å². The number of rotatable bonds is 0. The van der Waals surface area contributed by atoms with Crippen LogP contribution in [-0.4, -0.2) is 9.78 Å². The summed E-state index contributed by atoms with van der Waals surface area (Å²) in [6.45, 7) is 0. The van der Waals surface area contributed by atoms with Crippen LogP contribution in [0.4, 0.5) is 19.0 Å². The maximum absolute atomic E-state index is 12.1.